The van der Waals surface area contributed by atoms with E-state index in [-0.39, 0.29) is 11.7 Å². The van der Waals surface area contributed by atoms with Crippen LogP contribution in [0.2, 0.25) is 0 Å². The van der Waals surface area contributed by atoms with E-state index in [9.17, 15) is 9.90 Å². The van der Waals surface area contributed by atoms with Gasteiger partial charge in [0.05, 0.1) is 29.3 Å². The van der Waals surface area contributed by atoms with E-state index in [0.29, 0.717) is 35.3 Å². The highest BCUT2D eigenvalue weighted by Crippen LogP contribution is 2.41. The third kappa shape index (κ3) is 3.67. The Morgan fingerprint density at radius 2 is 1.88 bits per heavy atom. The maximum Gasteiger partial charge on any atom is 0.255 e. The van der Waals surface area contributed by atoms with E-state index < -0.39 is 6.04 Å². The fraction of sp³-hybridized carbons (Fsp3) is 0.154. The fourth-order valence-electron chi connectivity index (χ4n) is 4.27. The zero-order valence-electron chi connectivity index (χ0n) is 18.4. The SMILES string of the molecule is CCOc1cc(C2C(C(=O)Nc3ccccc3)=C(C)Nc3nc4ccccc4n32)ccc1O. The van der Waals surface area contributed by atoms with E-state index >= 15 is 0 Å². The molecule has 7 heteroatoms. The molecule has 0 radical (unpaired) electrons. The summed E-state index contributed by atoms with van der Waals surface area (Å²) in [5.74, 6) is 0.868. The minimum atomic E-state index is -0.475. The van der Waals surface area contributed by atoms with Crippen LogP contribution in [0.25, 0.3) is 11.0 Å². The molecule has 33 heavy (non-hydrogen) atoms. The maximum absolute atomic E-state index is 13.6. The molecule has 1 amide bonds. The first-order chi connectivity index (χ1) is 16.1. The predicted octanol–water partition coefficient (Wildman–Crippen LogP) is 5.07. The van der Waals surface area contributed by atoms with Crippen molar-refractivity contribution in [2.24, 2.45) is 0 Å². The lowest BCUT2D eigenvalue weighted by atomic mass is 9.94. The van der Waals surface area contributed by atoms with Gasteiger partial charge in [0, 0.05) is 11.4 Å². The second-order valence-electron chi connectivity index (χ2n) is 7.84. The van der Waals surface area contributed by atoms with Crippen LogP contribution in [0.15, 0.2) is 84.1 Å². The summed E-state index contributed by atoms with van der Waals surface area (Å²) >= 11 is 0. The average molecular weight is 441 g/mol. The number of hydrogen-bond acceptors (Lipinski definition) is 5. The molecule has 0 bridgehead atoms. The molecule has 4 aromatic rings. The van der Waals surface area contributed by atoms with Crippen molar-refractivity contribution in [2.45, 2.75) is 19.9 Å². The van der Waals surface area contributed by atoms with Crippen LogP contribution in [-0.4, -0.2) is 27.2 Å². The molecule has 5 rings (SSSR count). The molecule has 3 aromatic carbocycles. The molecule has 1 atom stereocenters. The average Bonchev–Trinajstić information content (AvgIpc) is 3.18. The first-order valence-corrected chi connectivity index (χ1v) is 10.8. The van der Waals surface area contributed by atoms with Crippen molar-refractivity contribution in [3.05, 3.63) is 89.6 Å². The summed E-state index contributed by atoms with van der Waals surface area (Å²) in [7, 11) is 0. The number of phenolic OH excluding ortho intramolecular Hbond substituents is 1. The predicted molar refractivity (Wildman–Crippen MR) is 129 cm³/mol. The van der Waals surface area contributed by atoms with Crippen molar-refractivity contribution < 1.29 is 14.6 Å². The molecule has 1 aliphatic heterocycles. The molecule has 0 spiro atoms. The van der Waals surface area contributed by atoms with Gasteiger partial charge in [-0.25, -0.2) is 4.98 Å². The summed E-state index contributed by atoms with van der Waals surface area (Å²) < 4.78 is 7.65. The molecule has 1 aliphatic rings. The van der Waals surface area contributed by atoms with E-state index in [0.717, 1.165) is 16.6 Å². The van der Waals surface area contributed by atoms with Gasteiger partial charge in [-0.2, -0.15) is 0 Å². The van der Waals surface area contributed by atoms with Gasteiger partial charge < -0.3 is 20.5 Å². The lowest BCUT2D eigenvalue weighted by molar-refractivity contribution is -0.113. The van der Waals surface area contributed by atoms with E-state index in [1.807, 2.05) is 79.1 Å². The van der Waals surface area contributed by atoms with Gasteiger partial charge in [-0.1, -0.05) is 36.4 Å². The molecule has 0 fully saturated rings. The van der Waals surface area contributed by atoms with Gasteiger partial charge in [0.15, 0.2) is 11.5 Å². The molecule has 166 valence electrons. The van der Waals surface area contributed by atoms with Crippen LogP contribution in [0.1, 0.15) is 25.5 Å². The number of allylic oxidation sites excluding steroid dienone is 1. The van der Waals surface area contributed by atoms with Crippen molar-refractivity contribution in [3.63, 3.8) is 0 Å². The number of para-hydroxylation sites is 3. The molecular weight excluding hydrogens is 416 g/mol. The van der Waals surface area contributed by atoms with Crippen LogP contribution in [0.3, 0.4) is 0 Å². The highest BCUT2D eigenvalue weighted by molar-refractivity contribution is 6.06. The summed E-state index contributed by atoms with van der Waals surface area (Å²) in [6.45, 7) is 4.15. The first-order valence-electron chi connectivity index (χ1n) is 10.8. The molecule has 7 nitrogen and oxygen atoms in total. The quantitative estimate of drug-likeness (QED) is 0.403. The van der Waals surface area contributed by atoms with Crippen LogP contribution < -0.4 is 15.4 Å². The summed E-state index contributed by atoms with van der Waals surface area (Å²) in [6.07, 6.45) is 0. The van der Waals surface area contributed by atoms with Gasteiger partial charge in [0.1, 0.15) is 0 Å². The number of phenols is 1. The molecule has 1 aromatic heterocycles. The number of nitrogens with one attached hydrogen (secondary N) is 2. The summed E-state index contributed by atoms with van der Waals surface area (Å²) in [5.41, 5.74) is 4.51. The monoisotopic (exact) mass is 440 g/mol. The molecule has 0 saturated heterocycles. The fourth-order valence-corrected chi connectivity index (χ4v) is 4.27. The zero-order chi connectivity index (χ0) is 22.9. The number of nitrogens with zero attached hydrogens (tertiary/aromatic N) is 2. The number of amides is 1. The second-order valence-corrected chi connectivity index (χ2v) is 7.84. The standard InChI is InChI=1S/C26H24N4O3/c1-3-33-22-15-17(13-14-21(22)31)24-23(25(32)28-18-9-5-4-6-10-18)16(2)27-26-29-19-11-7-8-12-20(19)30(24)26/h4-15,24,31H,3H2,1-2H3,(H,27,29)(H,28,32). The molecule has 2 heterocycles. The molecule has 0 saturated carbocycles. The zero-order valence-corrected chi connectivity index (χ0v) is 18.4. The highest BCUT2D eigenvalue weighted by Gasteiger charge is 2.34. The number of carbonyl (C=O) groups is 1. The maximum atomic E-state index is 13.6. The Bertz CT molecular complexity index is 1380. The number of benzene rings is 3. The van der Waals surface area contributed by atoms with Crippen molar-refractivity contribution in [2.75, 3.05) is 17.2 Å². The van der Waals surface area contributed by atoms with Crippen LogP contribution >= 0.6 is 0 Å². The Hall–Kier alpha value is -4.26. The minimum absolute atomic E-state index is 0.0567. The van der Waals surface area contributed by atoms with Crippen LogP contribution in [0, 0.1) is 0 Å². The number of anilines is 2. The van der Waals surface area contributed by atoms with Crippen LogP contribution in [0.5, 0.6) is 11.5 Å². The lowest BCUT2D eigenvalue weighted by Gasteiger charge is -2.31. The Labute approximate surface area is 191 Å². The smallest absolute Gasteiger partial charge is 0.255 e. The van der Waals surface area contributed by atoms with Gasteiger partial charge in [-0.15, -0.1) is 0 Å². The van der Waals surface area contributed by atoms with Gasteiger partial charge >= 0.3 is 0 Å². The summed E-state index contributed by atoms with van der Waals surface area (Å²) in [6, 6.07) is 21.9. The van der Waals surface area contributed by atoms with Gasteiger partial charge in [-0.3, -0.25) is 9.36 Å². The van der Waals surface area contributed by atoms with Crippen molar-refractivity contribution in [3.8, 4) is 11.5 Å². The molecule has 0 aliphatic carbocycles. The third-order valence-electron chi connectivity index (χ3n) is 5.71. The topological polar surface area (TPSA) is 88.4 Å². The van der Waals surface area contributed by atoms with Gasteiger partial charge in [-0.05, 0) is 55.8 Å². The number of ether oxygens (including phenoxy) is 1. The number of aromatic hydroxyl groups is 1. The molecule has 3 N–H and O–H groups in total. The largest absolute Gasteiger partial charge is 0.504 e. The number of aromatic nitrogens is 2. The minimum Gasteiger partial charge on any atom is -0.504 e. The number of imidazole rings is 1. The van der Waals surface area contributed by atoms with E-state index in [1.54, 1.807) is 12.1 Å². The number of carbonyl (C=O) groups excluding carboxylic acids is 1. The van der Waals surface area contributed by atoms with E-state index in [2.05, 4.69) is 10.6 Å². The normalized spacial score (nSPS) is 15.2. The number of hydrogen-bond donors (Lipinski definition) is 3. The molecular formula is C26H24N4O3. The highest BCUT2D eigenvalue weighted by atomic mass is 16.5. The van der Waals surface area contributed by atoms with Crippen molar-refractivity contribution >= 4 is 28.6 Å². The van der Waals surface area contributed by atoms with Gasteiger partial charge in [0.2, 0.25) is 5.95 Å². The van der Waals surface area contributed by atoms with Crippen molar-refractivity contribution in [1.29, 1.82) is 0 Å². The van der Waals surface area contributed by atoms with Crippen molar-refractivity contribution in [1.82, 2.24) is 9.55 Å². The number of rotatable bonds is 5. The molecule has 1 unspecified atom stereocenters. The Morgan fingerprint density at radius 1 is 1.12 bits per heavy atom. The first kappa shape index (κ1) is 20.6. The van der Waals surface area contributed by atoms with Crippen LogP contribution in [-0.2, 0) is 4.79 Å². The Balaban J connectivity index is 1.69. The summed E-state index contributed by atoms with van der Waals surface area (Å²) in [5, 5.41) is 16.6. The third-order valence-corrected chi connectivity index (χ3v) is 5.71. The van der Waals surface area contributed by atoms with E-state index in [4.69, 9.17) is 9.72 Å². The number of fused-ring (bicyclic) bond motifs is 3. The van der Waals surface area contributed by atoms with Gasteiger partial charge in [0.25, 0.3) is 5.91 Å². The Kier molecular flexibility index (Phi) is 5.22. The summed E-state index contributed by atoms with van der Waals surface area (Å²) in [4.78, 5) is 18.3. The lowest BCUT2D eigenvalue weighted by Crippen LogP contribution is -2.30. The Morgan fingerprint density at radius 3 is 2.67 bits per heavy atom. The van der Waals surface area contributed by atoms with E-state index in [1.165, 1.54) is 0 Å². The second kappa shape index (κ2) is 8.35. The van der Waals surface area contributed by atoms with Crippen LogP contribution in [0.4, 0.5) is 11.6 Å².